The summed E-state index contributed by atoms with van der Waals surface area (Å²) in [7, 11) is 1.39. The van der Waals surface area contributed by atoms with E-state index >= 15 is 0 Å². The zero-order valence-electron chi connectivity index (χ0n) is 15.6. The summed E-state index contributed by atoms with van der Waals surface area (Å²) >= 11 is 0. The molecule has 0 bridgehead atoms. The lowest BCUT2D eigenvalue weighted by Gasteiger charge is -2.10. The molecule has 0 fully saturated rings. The Kier molecular flexibility index (Phi) is 5.03. The fourth-order valence-corrected chi connectivity index (χ4v) is 3.38. The average Bonchev–Trinajstić information content (AvgIpc) is 2.77. The molecule has 0 aliphatic heterocycles. The largest absolute Gasteiger partial charge is 0.465 e. The van der Waals surface area contributed by atoms with Crippen LogP contribution in [0.5, 0.6) is 0 Å². The maximum atomic E-state index is 11.6. The smallest absolute Gasteiger partial charge is 0.337 e. The third-order valence-corrected chi connectivity index (χ3v) is 4.83. The first-order valence-corrected chi connectivity index (χ1v) is 9.20. The van der Waals surface area contributed by atoms with Crippen LogP contribution in [0.1, 0.15) is 21.5 Å². The van der Waals surface area contributed by atoms with Gasteiger partial charge in [0.2, 0.25) is 0 Å². The molecule has 0 aromatic heterocycles. The Morgan fingerprint density at radius 3 is 2.21 bits per heavy atom. The molecule has 0 aliphatic rings. The Labute approximate surface area is 164 Å². The van der Waals surface area contributed by atoms with E-state index in [-0.39, 0.29) is 5.97 Å². The van der Waals surface area contributed by atoms with Crippen molar-refractivity contribution in [1.82, 2.24) is 0 Å². The Morgan fingerprint density at radius 1 is 0.714 bits per heavy atom. The van der Waals surface area contributed by atoms with Crippen molar-refractivity contribution in [3.8, 4) is 11.1 Å². The Balaban J connectivity index is 1.70. The molecule has 2 nitrogen and oxygen atoms in total. The predicted molar refractivity (Wildman–Crippen MR) is 116 cm³/mol. The number of carbonyl (C=O) groups is 1. The van der Waals surface area contributed by atoms with Crippen molar-refractivity contribution in [3.05, 3.63) is 108 Å². The summed E-state index contributed by atoms with van der Waals surface area (Å²) in [5, 5.41) is 2.48. The van der Waals surface area contributed by atoms with Gasteiger partial charge in [0.05, 0.1) is 12.7 Å². The molecule has 2 heteroatoms. The molecular weight excluding hydrogens is 344 g/mol. The van der Waals surface area contributed by atoms with Gasteiger partial charge in [0.1, 0.15) is 0 Å². The number of rotatable bonds is 4. The van der Waals surface area contributed by atoms with Crippen LogP contribution >= 0.6 is 0 Å². The second kappa shape index (κ2) is 7.93. The summed E-state index contributed by atoms with van der Waals surface area (Å²) in [6, 6.07) is 30.6. The van der Waals surface area contributed by atoms with E-state index in [1.54, 1.807) is 12.1 Å². The van der Waals surface area contributed by atoms with E-state index in [0.29, 0.717) is 5.56 Å². The molecular formula is C26H20O2. The quantitative estimate of drug-likeness (QED) is 0.307. The SMILES string of the molecule is COC(=O)c1ccc(C=Cc2ccccc2-c2cccc3ccccc23)cc1. The van der Waals surface area contributed by atoms with Crippen LogP contribution in [-0.4, -0.2) is 13.1 Å². The number of methoxy groups -OCH3 is 1. The number of carbonyl (C=O) groups excluding carboxylic acids is 1. The van der Waals surface area contributed by atoms with Gasteiger partial charge in [-0.15, -0.1) is 0 Å². The van der Waals surface area contributed by atoms with Crippen LogP contribution in [0.4, 0.5) is 0 Å². The lowest BCUT2D eigenvalue weighted by Crippen LogP contribution is -2.00. The highest BCUT2D eigenvalue weighted by Crippen LogP contribution is 2.31. The van der Waals surface area contributed by atoms with E-state index < -0.39 is 0 Å². The van der Waals surface area contributed by atoms with Gasteiger partial charge < -0.3 is 4.74 Å². The van der Waals surface area contributed by atoms with Crippen LogP contribution in [0.15, 0.2) is 91.0 Å². The second-order valence-corrected chi connectivity index (χ2v) is 6.56. The summed E-state index contributed by atoms with van der Waals surface area (Å²) in [5.41, 5.74) is 5.15. The van der Waals surface area contributed by atoms with Crippen LogP contribution in [0.3, 0.4) is 0 Å². The molecule has 4 rings (SSSR count). The minimum atomic E-state index is -0.322. The molecule has 136 valence electrons. The van der Waals surface area contributed by atoms with Gasteiger partial charge in [0, 0.05) is 0 Å². The fourth-order valence-electron chi connectivity index (χ4n) is 3.38. The molecule has 0 heterocycles. The van der Waals surface area contributed by atoms with E-state index in [0.717, 1.165) is 11.1 Å². The molecule has 0 saturated carbocycles. The number of ether oxygens (including phenoxy) is 1. The summed E-state index contributed by atoms with van der Waals surface area (Å²) in [6.07, 6.45) is 4.18. The molecule has 0 amide bonds. The molecule has 0 aliphatic carbocycles. The second-order valence-electron chi connectivity index (χ2n) is 6.56. The van der Waals surface area contributed by atoms with Crippen LogP contribution in [-0.2, 0) is 4.74 Å². The van der Waals surface area contributed by atoms with Crippen molar-refractivity contribution >= 4 is 28.9 Å². The van der Waals surface area contributed by atoms with Crippen molar-refractivity contribution in [2.45, 2.75) is 0 Å². The lowest BCUT2D eigenvalue weighted by atomic mass is 9.94. The number of esters is 1. The molecule has 4 aromatic carbocycles. The Morgan fingerprint density at radius 2 is 1.39 bits per heavy atom. The van der Waals surface area contributed by atoms with Gasteiger partial charge in [-0.25, -0.2) is 4.79 Å². The van der Waals surface area contributed by atoms with Crippen LogP contribution in [0.25, 0.3) is 34.1 Å². The molecule has 0 N–H and O–H groups in total. The Hall–Kier alpha value is -3.65. The maximum absolute atomic E-state index is 11.6. The third kappa shape index (κ3) is 3.58. The van der Waals surface area contributed by atoms with Gasteiger partial charge in [-0.3, -0.25) is 0 Å². The molecule has 0 atom stereocenters. The standard InChI is InChI=1S/C26H20O2/c1-28-26(27)22-17-14-19(15-18-22)13-16-21-8-3-5-11-24(21)25-12-6-9-20-7-2-4-10-23(20)25/h2-18H,1H3. The number of benzene rings is 4. The Bertz CT molecular complexity index is 1150. The number of fused-ring (bicyclic) bond motifs is 1. The highest BCUT2D eigenvalue weighted by Gasteiger charge is 2.07. The van der Waals surface area contributed by atoms with Crippen molar-refractivity contribution in [1.29, 1.82) is 0 Å². The summed E-state index contributed by atoms with van der Waals surface area (Å²) in [5.74, 6) is -0.322. The third-order valence-electron chi connectivity index (χ3n) is 4.83. The van der Waals surface area contributed by atoms with Crippen molar-refractivity contribution in [3.63, 3.8) is 0 Å². The van der Waals surface area contributed by atoms with Crippen molar-refractivity contribution in [2.75, 3.05) is 7.11 Å². The van der Waals surface area contributed by atoms with Gasteiger partial charge in [0.15, 0.2) is 0 Å². The molecule has 0 unspecified atom stereocenters. The van der Waals surface area contributed by atoms with E-state index in [9.17, 15) is 4.79 Å². The van der Waals surface area contributed by atoms with Gasteiger partial charge in [-0.2, -0.15) is 0 Å². The van der Waals surface area contributed by atoms with Crippen LogP contribution in [0.2, 0.25) is 0 Å². The zero-order chi connectivity index (χ0) is 19.3. The zero-order valence-corrected chi connectivity index (χ0v) is 15.6. The van der Waals surface area contributed by atoms with E-state index in [2.05, 4.69) is 78.9 Å². The van der Waals surface area contributed by atoms with Crippen LogP contribution in [0, 0.1) is 0 Å². The first-order chi connectivity index (χ1) is 13.8. The average molecular weight is 364 g/mol. The summed E-state index contributed by atoms with van der Waals surface area (Å²) in [4.78, 5) is 11.6. The van der Waals surface area contributed by atoms with E-state index in [1.165, 1.54) is 29.0 Å². The van der Waals surface area contributed by atoms with Gasteiger partial charge in [0.25, 0.3) is 0 Å². The monoisotopic (exact) mass is 364 g/mol. The fraction of sp³-hybridized carbons (Fsp3) is 0.0385. The van der Waals surface area contributed by atoms with Crippen molar-refractivity contribution in [2.24, 2.45) is 0 Å². The lowest BCUT2D eigenvalue weighted by molar-refractivity contribution is 0.0600. The maximum Gasteiger partial charge on any atom is 0.337 e. The molecule has 0 radical (unpaired) electrons. The van der Waals surface area contributed by atoms with Crippen LogP contribution < -0.4 is 0 Å². The summed E-state index contributed by atoms with van der Waals surface area (Å²) < 4.78 is 4.75. The minimum Gasteiger partial charge on any atom is -0.465 e. The first kappa shape index (κ1) is 17.7. The van der Waals surface area contributed by atoms with E-state index in [4.69, 9.17) is 4.74 Å². The molecule has 4 aromatic rings. The van der Waals surface area contributed by atoms with Gasteiger partial charge in [-0.1, -0.05) is 91.0 Å². The summed E-state index contributed by atoms with van der Waals surface area (Å²) in [6.45, 7) is 0. The highest BCUT2D eigenvalue weighted by molar-refractivity contribution is 5.99. The van der Waals surface area contributed by atoms with Gasteiger partial charge in [-0.05, 0) is 45.2 Å². The van der Waals surface area contributed by atoms with Crippen molar-refractivity contribution < 1.29 is 9.53 Å². The number of hydrogen-bond acceptors (Lipinski definition) is 2. The minimum absolute atomic E-state index is 0.322. The molecule has 0 saturated heterocycles. The first-order valence-electron chi connectivity index (χ1n) is 9.20. The highest BCUT2D eigenvalue weighted by atomic mass is 16.5. The predicted octanol–water partition coefficient (Wildman–Crippen LogP) is 6.46. The topological polar surface area (TPSA) is 26.3 Å². The molecule has 0 spiro atoms. The van der Waals surface area contributed by atoms with E-state index in [1.807, 2.05) is 12.1 Å². The normalized spacial score (nSPS) is 11.0. The van der Waals surface area contributed by atoms with Gasteiger partial charge >= 0.3 is 5.97 Å². The number of hydrogen-bond donors (Lipinski definition) is 0. The molecule has 28 heavy (non-hydrogen) atoms.